The first-order valence-corrected chi connectivity index (χ1v) is 9.68. The highest BCUT2D eigenvalue weighted by Gasteiger charge is 2.15. The Bertz CT molecular complexity index is 1080. The third-order valence-electron chi connectivity index (χ3n) is 4.04. The Labute approximate surface area is 171 Å². The topological polar surface area (TPSA) is 101 Å². The van der Waals surface area contributed by atoms with Crippen molar-refractivity contribution in [1.29, 1.82) is 0 Å². The van der Waals surface area contributed by atoms with Crippen LogP contribution < -0.4 is 10.3 Å². The second kappa shape index (κ2) is 9.16. The van der Waals surface area contributed by atoms with E-state index in [0.717, 1.165) is 15.8 Å². The van der Waals surface area contributed by atoms with Gasteiger partial charge < -0.3 is 4.90 Å². The average Bonchev–Trinajstić information content (AvgIpc) is 2.72. The first-order chi connectivity index (χ1) is 14.0. The molecule has 0 saturated heterocycles. The number of carbonyl (C=O) groups is 1. The van der Waals surface area contributed by atoms with Crippen LogP contribution in [0.3, 0.4) is 0 Å². The molecule has 1 heterocycles. The molecule has 3 rings (SSSR count). The van der Waals surface area contributed by atoms with Crippen LogP contribution in [0.2, 0.25) is 0 Å². The molecular weight excluding hydrogens is 390 g/mol. The van der Waals surface area contributed by atoms with Crippen LogP contribution in [-0.4, -0.2) is 41.9 Å². The Hall–Kier alpha value is -3.46. The number of hydrogen-bond acceptors (Lipinski definition) is 7. The maximum atomic E-state index is 12.1. The number of para-hydroxylation sites is 1. The van der Waals surface area contributed by atoms with E-state index in [1.807, 2.05) is 30.3 Å². The van der Waals surface area contributed by atoms with Gasteiger partial charge in [-0.05, 0) is 18.2 Å². The lowest BCUT2D eigenvalue weighted by molar-refractivity contribution is -0.384. The van der Waals surface area contributed by atoms with Gasteiger partial charge >= 0.3 is 0 Å². The minimum absolute atomic E-state index is 0.0238. The molecule has 0 fully saturated rings. The number of anilines is 1. The summed E-state index contributed by atoms with van der Waals surface area (Å²) >= 11 is 1.37. The molecule has 0 unspecified atom stereocenters. The summed E-state index contributed by atoms with van der Waals surface area (Å²) in [5.74, 6) is -0.106. The third kappa shape index (κ3) is 5.08. The summed E-state index contributed by atoms with van der Waals surface area (Å²) in [4.78, 5) is 29.8. The van der Waals surface area contributed by atoms with Crippen molar-refractivity contribution in [3.63, 3.8) is 0 Å². The molecule has 2 aromatic carbocycles. The van der Waals surface area contributed by atoms with Crippen LogP contribution in [0.5, 0.6) is 0 Å². The van der Waals surface area contributed by atoms with Crippen LogP contribution in [-0.2, 0) is 4.79 Å². The Balaban J connectivity index is 1.61. The van der Waals surface area contributed by atoms with Crippen LogP contribution in [0.25, 0.3) is 10.9 Å². The second-order valence-electron chi connectivity index (χ2n) is 6.31. The highest BCUT2D eigenvalue weighted by atomic mass is 32.2. The molecule has 29 heavy (non-hydrogen) atoms. The lowest BCUT2D eigenvalue weighted by atomic mass is 10.2. The number of nitro groups is 1. The number of nitro benzene ring substituents is 1. The van der Waals surface area contributed by atoms with E-state index in [-0.39, 0.29) is 17.3 Å². The summed E-state index contributed by atoms with van der Waals surface area (Å²) in [5.41, 5.74) is 4.29. The zero-order valence-corrected chi connectivity index (χ0v) is 16.7. The van der Waals surface area contributed by atoms with Crippen molar-refractivity contribution in [1.82, 2.24) is 10.4 Å². The van der Waals surface area contributed by atoms with Gasteiger partial charge in [0.15, 0.2) is 0 Å². The van der Waals surface area contributed by atoms with Crippen molar-refractivity contribution in [2.75, 3.05) is 24.7 Å². The number of amides is 1. The Morgan fingerprint density at radius 3 is 2.83 bits per heavy atom. The quantitative estimate of drug-likeness (QED) is 0.278. The molecule has 1 amide bonds. The number of fused-ring (bicyclic) bond motifs is 1. The molecule has 3 aromatic rings. The number of nitrogens with one attached hydrogen (secondary N) is 1. The summed E-state index contributed by atoms with van der Waals surface area (Å²) in [5, 5.41) is 16.1. The zero-order chi connectivity index (χ0) is 20.8. The number of benzene rings is 2. The van der Waals surface area contributed by atoms with E-state index >= 15 is 0 Å². The van der Waals surface area contributed by atoms with E-state index < -0.39 is 4.92 Å². The lowest BCUT2D eigenvalue weighted by Crippen LogP contribution is -2.19. The lowest BCUT2D eigenvalue weighted by Gasteiger charge is -2.12. The Morgan fingerprint density at radius 1 is 1.28 bits per heavy atom. The Morgan fingerprint density at radius 2 is 2.07 bits per heavy atom. The summed E-state index contributed by atoms with van der Waals surface area (Å²) in [6.07, 6.45) is 3.10. The number of pyridine rings is 1. The van der Waals surface area contributed by atoms with Gasteiger partial charge in [0.1, 0.15) is 5.69 Å². The summed E-state index contributed by atoms with van der Waals surface area (Å²) < 4.78 is 0. The Kier molecular flexibility index (Phi) is 6.40. The predicted molar refractivity (Wildman–Crippen MR) is 116 cm³/mol. The molecule has 8 nitrogen and oxygen atoms in total. The first kappa shape index (κ1) is 20.3. The third-order valence-corrected chi connectivity index (χ3v) is 5.08. The van der Waals surface area contributed by atoms with Gasteiger partial charge in [-0.25, -0.2) is 5.43 Å². The zero-order valence-electron chi connectivity index (χ0n) is 15.9. The SMILES string of the molecule is CN(C)c1ccc(/C=N\NC(=O)CSc2cccc3cccnc23)cc1[N+](=O)[O-]. The molecule has 0 aliphatic heterocycles. The molecule has 1 N–H and O–H groups in total. The molecule has 1 aromatic heterocycles. The first-order valence-electron chi connectivity index (χ1n) is 8.70. The van der Waals surface area contributed by atoms with Gasteiger partial charge in [-0.15, -0.1) is 11.8 Å². The number of aromatic nitrogens is 1. The standard InChI is InChI=1S/C20H19N5O3S/c1-24(2)16-9-8-14(11-17(16)25(27)28)12-22-23-19(26)13-29-18-7-3-5-15-6-4-10-21-20(15)18/h3-12H,13H2,1-2H3,(H,23,26)/b22-12-. The van der Waals surface area contributed by atoms with Gasteiger partial charge in [0.25, 0.3) is 5.69 Å². The molecule has 0 radical (unpaired) electrons. The number of hydrogen-bond donors (Lipinski definition) is 1. The van der Waals surface area contributed by atoms with Crippen molar-refractivity contribution in [2.45, 2.75) is 4.90 Å². The fourth-order valence-corrected chi connectivity index (χ4v) is 3.53. The fourth-order valence-electron chi connectivity index (χ4n) is 2.69. The second-order valence-corrected chi connectivity index (χ2v) is 7.33. The van der Waals surface area contributed by atoms with E-state index in [1.165, 1.54) is 24.0 Å². The maximum absolute atomic E-state index is 12.1. The van der Waals surface area contributed by atoms with Crippen molar-refractivity contribution in [2.24, 2.45) is 5.10 Å². The summed E-state index contributed by atoms with van der Waals surface area (Å²) in [7, 11) is 3.47. The number of thioether (sulfide) groups is 1. The molecular formula is C20H19N5O3S. The van der Waals surface area contributed by atoms with Crippen molar-refractivity contribution in [3.8, 4) is 0 Å². The van der Waals surface area contributed by atoms with E-state index in [1.54, 1.807) is 37.3 Å². The smallest absolute Gasteiger partial charge is 0.293 e. The molecule has 0 aliphatic carbocycles. The minimum Gasteiger partial charge on any atom is -0.372 e. The van der Waals surface area contributed by atoms with Crippen LogP contribution in [0.1, 0.15) is 5.56 Å². The van der Waals surface area contributed by atoms with Gasteiger partial charge in [0.05, 0.1) is 22.4 Å². The van der Waals surface area contributed by atoms with Gasteiger partial charge in [0.2, 0.25) is 5.91 Å². The van der Waals surface area contributed by atoms with Crippen molar-refractivity contribution < 1.29 is 9.72 Å². The monoisotopic (exact) mass is 409 g/mol. The van der Waals surface area contributed by atoms with E-state index in [9.17, 15) is 14.9 Å². The van der Waals surface area contributed by atoms with Crippen LogP contribution >= 0.6 is 11.8 Å². The predicted octanol–water partition coefficient (Wildman–Crippen LogP) is 3.45. The number of nitrogens with zero attached hydrogens (tertiary/aromatic N) is 4. The largest absolute Gasteiger partial charge is 0.372 e. The average molecular weight is 409 g/mol. The van der Waals surface area contributed by atoms with Crippen LogP contribution in [0.4, 0.5) is 11.4 Å². The van der Waals surface area contributed by atoms with Gasteiger partial charge in [-0.3, -0.25) is 19.9 Å². The maximum Gasteiger partial charge on any atom is 0.293 e. The number of carbonyl (C=O) groups excluding carboxylic acids is 1. The number of rotatable bonds is 7. The normalized spacial score (nSPS) is 11.0. The van der Waals surface area contributed by atoms with Gasteiger partial charge in [0, 0.05) is 42.2 Å². The van der Waals surface area contributed by atoms with E-state index in [2.05, 4.69) is 15.5 Å². The molecule has 148 valence electrons. The van der Waals surface area contributed by atoms with Crippen molar-refractivity contribution >= 4 is 46.2 Å². The van der Waals surface area contributed by atoms with Gasteiger partial charge in [-0.2, -0.15) is 5.10 Å². The molecule has 0 spiro atoms. The fraction of sp³-hybridized carbons (Fsp3) is 0.150. The number of hydrazone groups is 1. The molecule has 9 heteroatoms. The van der Waals surface area contributed by atoms with Crippen molar-refractivity contribution in [3.05, 3.63) is 70.4 Å². The van der Waals surface area contributed by atoms with E-state index in [0.29, 0.717) is 11.3 Å². The van der Waals surface area contributed by atoms with Crippen LogP contribution in [0.15, 0.2) is 64.7 Å². The minimum atomic E-state index is -0.444. The molecule has 0 saturated carbocycles. The highest BCUT2D eigenvalue weighted by Crippen LogP contribution is 2.27. The van der Waals surface area contributed by atoms with Gasteiger partial charge in [-0.1, -0.05) is 24.3 Å². The highest BCUT2D eigenvalue weighted by molar-refractivity contribution is 8.00. The van der Waals surface area contributed by atoms with E-state index in [4.69, 9.17) is 0 Å². The summed E-state index contributed by atoms with van der Waals surface area (Å²) in [6.45, 7) is 0. The summed E-state index contributed by atoms with van der Waals surface area (Å²) in [6, 6.07) is 14.4. The molecule has 0 bridgehead atoms. The molecule has 0 atom stereocenters. The molecule has 0 aliphatic rings. The van der Waals surface area contributed by atoms with Crippen LogP contribution in [0, 0.1) is 10.1 Å².